The number of benzene rings is 6. The van der Waals surface area contributed by atoms with Crippen molar-refractivity contribution < 1.29 is 168 Å². The Hall–Kier alpha value is -10.7. The molecule has 0 amide bonds. The number of anilines is 1. The van der Waals surface area contributed by atoms with Crippen LogP contribution in [-0.2, 0) is 9.68 Å². The standard InChI is InChI=1S/C21H20N4O2S.C17H10ClFN2O2.C17H11FN2O2S.C14H13FO2Si.C11H5FO2.C9H4BrFO2.C6H6ClIN2.C5H10Si.C4H10N2.CH2O3.2K.H/c1-12-16-11-19(28-20(16)24-13(2)23-12)17-9-14-3-4-15(10-18(14)27-21(17)26)25-7-5-22-6-8-25;1-9-14(16(18)21-10(2)20-9)6-4-12-7-11-3-5-13(19)8-15(11)23-17(12)22;1-8-12-7-15(23-16(12)20-9(2)19-8)13-5-10-3-4-11(18)6-14(10)22-17(13)21;1-18(2,3)7-6-11-8-10-4-5-12(15)9-13(10)17-14(11)16;1-2-7-5-8-3-4-9(12)6-10(8)14-11(7)13;10-7-3-5-1-2-6(11)4-8(5)13-9(7)12;1-3-5(8)6(7)10-4(2)9-3;1-5-6(2,3)4;1-2-6-4-3-5-1;2-1-4-3;;;/h3-4,9-11,22H,5-8H2,1-2H3;3,5,7-8H,1-2H3;3-7H,1-2H3;4-5,8-9H,1-3H3;1,3-6H;1-4H;1-2H3;1H,2-4H3;5-6H,1-4H2;1,3H;;;/q;;;;;;;;;;2*+1;-1/p-1. The number of carbonyl (C=O) groups is 1. The van der Waals surface area contributed by atoms with Gasteiger partial charge in [-0.3, -0.25) is 4.79 Å². The van der Waals surface area contributed by atoms with Crippen molar-refractivity contribution in [1.29, 1.82) is 0 Å². The number of aryl methyl sites for hydroxylation is 8. The predicted octanol–water partition coefficient (Wildman–Crippen LogP) is 14.5. The number of hydrogen-bond acceptors (Lipinski definition) is 29. The van der Waals surface area contributed by atoms with E-state index in [1.165, 1.54) is 89.4 Å². The van der Waals surface area contributed by atoms with Gasteiger partial charge in [-0.2, -0.15) is 0 Å². The molecule has 0 aliphatic carbocycles. The largest absolute Gasteiger partial charge is 1.00 e. The Morgan fingerprint density at radius 1 is 0.435 bits per heavy atom. The summed E-state index contributed by atoms with van der Waals surface area (Å²) in [5.41, 5.74) is 11.1. The van der Waals surface area contributed by atoms with Gasteiger partial charge < -0.3 is 58.9 Å². The van der Waals surface area contributed by atoms with Crippen LogP contribution in [0.25, 0.3) is 107 Å². The number of terminal acetylenes is 2. The molecule has 6 aromatic carbocycles. The van der Waals surface area contributed by atoms with E-state index in [0.29, 0.717) is 81.7 Å². The average Bonchev–Trinajstić information content (AvgIpc) is 1.64. The van der Waals surface area contributed by atoms with Crippen molar-refractivity contribution in [3.05, 3.63) is 336 Å². The first-order valence-electron chi connectivity index (χ1n) is 44.0. The monoisotopic (exact) mass is 2330 g/mol. The first-order valence-corrected chi connectivity index (χ1v) is 55.3. The van der Waals surface area contributed by atoms with Crippen LogP contribution in [0.1, 0.15) is 69.8 Å². The van der Waals surface area contributed by atoms with Crippen molar-refractivity contribution in [1.82, 2.24) is 55.8 Å². The topological polar surface area (TPSA) is 373 Å². The van der Waals surface area contributed by atoms with Crippen molar-refractivity contribution in [3.8, 4) is 68.5 Å². The number of nitrogens with zero attached hydrogens (tertiary/aromatic N) is 9. The van der Waals surface area contributed by atoms with E-state index in [0.717, 1.165) is 138 Å². The van der Waals surface area contributed by atoms with Gasteiger partial charge in [0, 0.05) is 159 Å². The van der Waals surface area contributed by atoms with Gasteiger partial charge in [-0.15, -0.1) is 46.6 Å². The van der Waals surface area contributed by atoms with Crippen LogP contribution in [0.15, 0.2) is 217 Å². The Morgan fingerprint density at radius 3 is 1.15 bits per heavy atom. The van der Waals surface area contributed by atoms with Gasteiger partial charge in [-0.25, -0.2) is 90.6 Å². The van der Waals surface area contributed by atoms with Crippen LogP contribution < -0.4 is 163 Å². The van der Waals surface area contributed by atoms with Gasteiger partial charge in [0.2, 0.25) is 0 Å². The molecular formula is C105H91BrCl2F5IK2N12O15S2Si2. The number of rotatable bonds is 4. The normalized spacial score (nSPS) is 11.7. The summed E-state index contributed by atoms with van der Waals surface area (Å²) in [6.07, 6.45) is 10.2. The van der Waals surface area contributed by atoms with Crippen LogP contribution in [-0.4, -0.2) is 115 Å². The Kier molecular flexibility index (Phi) is 45.4. The molecule has 27 nitrogen and oxygen atoms in total. The quantitative estimate of drug-likeness (QED) is 0.0169. The first kappa shape index (κ1) is 120. The zero-order valence-electron chi connectivity index (χ0n) is 83.3. The third-order valence-corrected chi connectivity index (χ3v) is 26.9. The maximum Gasteiger partial charge on any atom is 1.00 e. The number of hydrogen-bond donors (Lipinski definition) is 3. The Morgan fingerprint density at radius 2 is 0.769 bits per heavy atom. The summed E-state index contributed by atoms with van der Waals surface area (Å²) in [5.74, 6) is 11.1. The summed E-state index contributed by atoms with van der Waals surface area (Å²) in [4.78, 5) is 122. The van der Waals surface area contributed by atoms with Crippen LogP contribution in [0.5, 0.6) is 0 Å². The van der Waals surface area contributed by atoms with Crippen LogP contribution in [0.3, 0.4) is 0 Å². The fourth-order valence-electron chi connectivity index (χ4n) is 13.4. The summed E-state index contributed by atoms with van der Waals surface area (Å²) in [7, 11) is -2.64. The molecule has 20 rings (SSSR count). The van der Waals surface area contributed by atoms with Crippen molar-refractivity contribution in [3.63, 3.8) is 0 Å². The van der Waals surface area contributed by atoms with Crippen LogP contribution >= 0.6 is 84.4 Å². The molecule has 3 N–H and O–H groups in total. The van der Waals surface area contributed by atoms with Crippen LogP contribution in [0.4, 0.5) is 27.6 Å². The summed E-state index contributed by atoms with van der Waals surface area (Å²) in [6.45, 7) is 35.8. The molecule has 0 saturated carbocycles. The Labute approximate surface area is 967 Å². The molecule has 0 bridgehead atoms. The molecule has 42 heteroatoms. The molecule has 2 aliphatic heterocycles. The summed E-state index contributed by atoms with van der Waals surface area (Å²) in [5, 5.41) is 25.1. The third kappa shape index (κ3) is 35.0. The van der Waals surface area contributed by atoms with Gasteiger partial charge in [0.1, 0.15) is 143 Å². The van der Waals surface area contributed by atoms with E-state index in [4.69, 9.17) is 72.6 Å². The minimum atomic E-state index is -1.54. The molecule has 14 heterocycles. The van der Waals surface area contributed by atoms with E-state index in [1.54, 1.807) is 56.3 Å². The number of carbonyl (C=O) groups excluding carboxylic acids is 1. The SMILES string of the molecule is C#C[Si](C)(C)C.C#Cc1cc2ccc(F)cc2oc1=O.C1CNCCN1.C[Si](C)(C)C#Cc1cc2ccc(F)cc2oc1=O.Cc1nc(C)c(C#Cc2cc3ccc(F)cc3oc2=O)c(Cl)n1.Cc1nc(C)c(I)c(Cl)n1.Cc1nc(C)c2cc(-c3cc4ccc(F)cc4oc3=O)sc2n1.Cc1nc(C)c2cc(-c3cc4ccc(N5CCNCC5)cc4oc3=O)sc2n1.O=CO[O-].O=c1oc2cc(F)ccc2cc1Br.[H-].[K+].[K+]. The molecule has 2 saturated heterocycles. The zero-order chi connectivity index (χ0) is 105. The van der Waals surface area contributed by atoms with E-state index >= 15 is 0 Å². The van der Waals surface area contributed by atoms with Gasteiger partial charge in [-0.05, 0) is 215 Å². The molecule has 2 aliphatic rings. The fourth-order valence-corrected chi connectivity index (χ4v) is 17.3. The molecule has 0 spiro atoms. The van der Waals surface area contributed by atoms with Crippen LogP contribution in [0.2, 0.25) is 49.6 Å². The summed E-state index contributed by atoms with van der Waals surface area (Å²) < 4.78 is 96.8. The Bertz CT molecular complexity index is 8520. The van der Waals surface area contributed by atoms with E-state index < -0.39 is 73.4 Å². The van der Waals surface area contributed by atoms with Gasteiger partial charge in [0.15, 0.2) is 0 Å². The van der Waals surface area contributed by atoms with E-state index in [1.807, 2.05) is 71.9 Å². The van der Waals surface area contributed by atoms with Crippen molar-refractivity contribution >= 4 is 199 Å². The Balaban J connectivity index is 0.000000208. The molecule has 12 aromatic heterocycles. The maximum atomic E-state index is 13.2. The molecular weight excluding hydrogens is 2240 g/mol. The molecule has 0 unspecified atom stereocenters. The van der Waals surface area contributed by atoms with Crippen LogP contribution in [0, 0.1) is 136 Å². The molecule has 2 fully saturated rings. The van der Waals surface area contributed by atoms with Crippen molar-refractivity contribution in [2.45, 2.75) is 94.7 Å². The summed E-state index contributed by atoms with van der Waals surface area (Å²) >= 11 is 19.9. The van der Waals surface area contributed by atoms with E-state index in [9.17, 15) is 50.7 Å². The second-order valence-corrected chi connectivity index (χ2v) is 48.1. The van der Waals surface area contributed by atoms with E-state index in [-0.39, 0.29) is 160 Å². The first-order chi connectivity index (χ1) is 68.8. The second kappa shape index (κ2) is 55.7. The second-order valence-electron chi connectivity index (χ2n) is 33.8. The van der Waals surface area contributed by atoms with E-state index in [2.05, 4.69) is 184 Å². The predicted molar refractivity (Wildman–Crippen MR) is 575 cm³/mol. The minimum absolute atomic E-state index is 0. The molecule has 147 heavy (non-hydrogen) atoms. The van der Waals surface area contributed by atoms with Gasteiger partial charge in [0.25, 0.3) is 6.47 Å². The summed E-state index contributed by atoms with van der Waals surface area (Å²) in [6, 6.07) is 40.1. The van der Waals surface area contributed by atoms with Gasteiger partial charge in [-0.1, -0.05) is 86.2 Å². The minimum Gasteiger partial charge on any atom is -1.00 e. The number of aromatic nitrogens is 8. The smallest absolute Gasteiger partial charge is 1.00 e. The number of thiophene rings is 2. The van der Waals surface area contributed by atoms with Gasteiger partial charge in [0.05, 0.1) is 31.6 Å². The van der Waals surface area contributed by atoms with Crippen molar-refractivity contribution in [2.75, 3.05) is 57.3 Å². The number of halogens is 9. The number of piperazine rings is 2. The molecule has 746 valence electrons. The fraction of sp³-hybridized carbons (Fsp3) is 0.210. The maximum absolute atomic E-state index is 13.2. The molecule has 0 radical (unpaired) electrons. The zero-order valence-corrected chi connectivity index (χ0v) is 97.4. The average molecular weight is 2330 g/mol. The van der Waals surface area contributed by atoms with Crippen molar-refractivity contribution in [2.24, 2.45) is 0 Å². The number of fused-ring (bicyclic) bond motifs is 8. The molecule has 18 aromatic rings. The molecule has 0 atom stereocenters. The number of nitrogens with one attached hydrogen (secondary N) is 3. The third-order valence-electron chi connectivity index (χ3n) is 20.3. The van der Waals surface area contributed by atoms with Gasteiger partial charge >= 0.3 is 137 Å².